The van der Waals surface area contributed by atoms with Crippen LogP contribution in [0.4, 0.5) is 0 Å². The SMILES string of the molecule is CC.COC(=O)c1ccc(O)c(C(=O)OC)c1. The molecule has 1 aromatic rings. The molecule has 0 fully saturated rings. The van der Waals surface area contributed by atoms with E-state index in [1.165, 1.54) is 32.4 Å². The molecule has 0 heterocycles. The number of aromatic hydroxyl groups is 1. The molecule has 0 unspecified atom stereocenters. The summed E-state index contributed by atoms with van der Waals surface area (Å²) in [4.78, 5) is 22.3. The summed E-state index contributed by atoms with van der Waals surface area (Å²) in [5, 5.41) is 9.34. The molecule has 1 rings (SSSR count). The second kappa shape index (κ2) is 7.27. The van der Waals surface area contributed by atoms with Gasteiger partial charge in [0.1, 0.15) is 11.3 Å². The average molecular weight is 240 g/mol. The van der Waals surface area contributed by atoms with Gasteiger partial charge in [0, 0.05) is 0 Å². The lowest BCUT2D eigenvalue weighted by molar-refractivity contribution is 0.0597. The summed E-state index contributed by atoms with van der Waals surface area (Å²) in [6, 6.07) is 3.80. The van der Waals surface area contributed by atoms with Crippen molar-refractivity contribution in [2.75, 3.05) is 14.2 Å². The Morgan fingerprint density at radius 1 is 1.06 bits per heavy atom. The van der Waals surface area contributed by atoms with Crippen LogP contribution in [0.5, 0.6) is 5.75 Å². The van der Waals surface area contributed by atoms with Crippen molar-refractivity contribution in [1.82, 2.24) is 0 Å². The number of methoxy groups -OCH3 is 2. The highest BCUT2D eigenvalue weighted by Gasteiger charge is 2.15. The van der Waals surface area contributed by atoms with Crippen LogP contribution in [0.2, 0.25) is 0 Å². The van der Waals surface area contributed by atoms with Crippen molar-refractivity contribution in [1.29, 1.82) is 0 Å². The number of esters is 2. The molecule has 0 aromatic heterocycles. The van der Waals surface area contributed by atoms with Crippen LogP contribution in [0.15, 0.2) is 18.2 Å². The molecular weight excluding hydrogens is 224 g/mol. The van der Waals surface area contributed by atoms with Crippen LogP contribution < -0.4 is 0 Å². The molecule has 1 aromatic carbocycles. The first-order chi connectivity index (χ1) is 8.10. The van der Waals surface area contributed by atoms with Crippen molar-refractivity contribution in [3.8, 4) is 5.75 Å². The van der Waals surface area contributed by atoms with E-state index in [2.05, 4.69) is 9.47 Å². The first-order valence-electron chi connectivity index (χ1n) is 5.09. The zero-order valence-electron chi connectivity index (χ0n) is 10.3. The second-order valence-electron chi connectivity index (χ2n) is 2.72. The van der Waals surface area contributed by atoms with E-state index in [1.807, 2.05) is 13.8 Å². The number of rotatable bonds is 2. The van der Waals surface area contributed by atoms with Gasteiger partial charge in [0.15, 0.2) is 0 Å². The summed E-state index contributed by atoms with van der Waals surface area (Å²) in [5.41, 5.74) is 0.108. The maximum Gasteiger partial charge on any atom is 0.341 e. The van der Waals surface area contributed by atoms with E-state index >= 15 is 0 Å². The maximum atomic E-state index is 11.2. The lowest BCUT2D eigenvalue weighted by Gasteiger charge is -2.04. The molecule has 0 atom stereocenters. The Balaban J connectivity index is 0.00000121. The maximum absolute atomic E-state index is 11.2. The lowest BCUT2D eigenvalue weighted by atomic mass is 10.1. The highest BCUT2D eigenvalue weighted by molar-refractivity contribution is 5.97. The number of carbonyl (C=O) groups excluding carboxylic acids is 2. The molecule has 0 amide bonds. The van der Waals surface area contributed by atoms with E-state index in [9.17, 15) is 14.7 Å². The summed E-state index contributed by atoms with van der Waals surface area (Å²) in [7, 11) is 2.42. The summed E-state index contributed by atoms with van der Waals surface area (Å²) in [6.45, 7) is 4.00. The quantitative estimate of drug-likeness (QED) is 0.800. The monoisotopic (exact) mass is 240 g/mol. The van der Waals surface area contributed by atoms with Crippen LogP contribution in [0.25, 0.3) is 0 Å². The van der Waals surface area contributed by atoms with Crippen LogP contribution >= 0.6 is 0 Å². The molecule has 0 aliphatic carbocycles. The van der Waals surface area contributed by atoms with Crippen molar-refractivity contribution in [2.24, 2.45) is 0 Å². The van der Waals surface area contributed by atoms with Gasteiger partial charge < -0.3 is 14.6 Å². The Kier molecular flexibility index (Phi) is 6.40. The smallest absolute Gasteiger partial charge is 0.341 e. The van der Waals surface area contributed by atoms with E-state index in [-0.39, 0.29) is 16.9 Å². The van der Waals surface area contributed by atoms with Gasteiger partial charge in [0.2, 0.25) is 0 Å². The zero-order valence-corrected chi connectivity index (χ0v) is 10.3. The largest absolute Gasteiger partial charge is 0.507 e. The van der Waals surface area contributed by atoms with Gasteiger partial charge in [-0.25, -0.2) is 9.59 Å². The summed E-state index contributed by atoms with van der Waals surface area (Å²) in [5.74, 6) is -1.53. The van der Waals surface area contributed by atoms with Crippen LogP contribution in [0, 0.1) is 0 Å². The number of phenols is 1. The normalized spacial score (nSPS) is 8.71. The molecule has 1 N–H and O–H groups in total. The molecule has 5 nitrogen and oxygen atoms in total. The van der Waals surface area contributed by atoms with Gasteiger partial charge in [-0.15, -0.1) is 0 Å². The predicted octanol–water partition coefficient (Wildman–Crippen LogP) is 1.99. The summed E-state index contributed by atoms with van der Waals surface area (Å²) >= 11 is 0. The van der Waals surface area contributed by atoms with Crippen LogP contribution in [0.1, 0.15) is 34.6 Å². The Morgan fingerprint density at radius 2 is 1.59 bits per heavy atom. The Bertz CT molecular complexity index is 398. The summed E-state index contributed by atoms with van der Waals surface area (Å²) < 4.78 is 8.91. The standard InChI is InChI=1S/C10H10O5.C2H6/c1-14-9(12)6-3-4-8(11)7(5-6)10(13)15-2;1-2/h3-5,11H,1-2H3;1-2H3. The predicted molar refractivity (Wildman–Crippen MR) is 62.1 cm³/mol. The van der Waals surface area contributed by atoms with Gasteiger partial charge in [0.25, 0.3) is 0 Å². The Labute approximate surface area is 100.0 Å². The minimum absolute atomic E-state index is 0.0691. The first-order valence-corrected chi connectivity index (χ1v) is 5.09. The average Bonchev–Trinajstić information content (AvgIpc) is 2.39. The molecule has 94 valence electrons. The molecule has 0 aliphatic rings. The topological polar surface area (TPSA) is 72.8 Å². The lowest BCUT2D eigenvalue weighted by Crippen LogP contribution is -2.06. The van der Waals surface area contributed by atoms with Crippen LogP contribution in [-0.2, 0) is 9.47 Å². The molecule has 17 heavy (non-hydrogen) atoms. The van der Waals surface area contributed by atoms with Gasteiger partial charge in [0.05, 0.1) is 19.8 Å². The third-order valence-corrected chi connectivity index (χ3v) is 1.82. The molecule has 0 spiro atoms. The van der Waals surface area contributed by atoms with E-state index < -0.39 is 11.9 Å². The molecule has 0 saturated heterocycles. The van der Waals surface area contributed by atoms with Crippen molar-refractivity contribution >= 4 is 11.9 Å². The first kappa shape index (κ1) is 15.0. The molecule has 0 bridgehead atoms. The van der Waals surface area contributed by atoms with Crippen molar-refractivity contribution < 1.29 is 24.2 Å². The van der Waals surface area contributed by atoms with Crippen molar-refractivity contribution in [2.45, 2.75) is 13.8 Å². The van der Waals surface area contributed by atoms with Crippen LogP contribution in [0.3, 0.4) is 0 Å². The second-order valence-corrected chi connectivity index (χ2v) is 2.72. The molecule has 0 radical (unpaired) electrons. The molecule has 0 saturated carbocycles. The van der Waals surface area contributed by atoms with Gasteiger partial charge in [-0.1, -0.05) is 13.8 Å². The van der Waals surface area contributed by atoms with Gasteiger partial charge in [-0.2, -0.15) is 0 Å². The minimum atomic E-state index is -0.710. The third-order valence-electron chi connectivity index (χ3n) is 1.82. The van der Waals surface area contributed by atoms with E-state index in [4.69, 9.17) is 0 Å². The zero-order chi connectivity index (χ0) is 13.4. The Morgan fingerprint density at radius 3 is 2.06 bits per heavy atom. The summed E-state index contributed by atoms with van der Waals surface area (Å²) in [6.07, 6.45) is 0. The number of benzene rings is 1. The minimum Gasteiger partial charge on any atom is -0.507 e. The van der Waals surface area contributed by atoms with E-state index in [0.29, 0.717) is 0 Å². The number of hydrogen-bond acceptors (Lipinski definition) is 5. The number of ether oxygens (including phenoxy) is 2. The number of phenolic OH excluding ortho intramolecular Hbond substituents is 1. The molecule has 0 aliphatic heterocycles. The van der Waals surface area contributed by atoms with E-state index in [1.54, 1.807) is 0 Å². The van der Waals surface area contributed by atoms with Crippen molar-refractivity contribution in [3.05, 3.63) is 29.3 Å². The molecular formula is C12H16O5. The van der Waals surface area contributed by atoms with E-state index in [0.717, 1.165) is 0 Å². The Hall–Kier alpha value is -2.04. The van der Waals surface area contributed by atoms with Gasteiger partial charge >= 0.3 is 11.9 Å². The van der Waals surface area contributed by atoms with Crippen LogP contribution in [-0.4, -0.2) is 31.3 Å². The fourth-order valence-electron chi connectivity index (χ4n) is 1.05. The van der Waals surface area contributed by atoms with Gasteiger partial charge in [-0.3, -0.25) is 0 Å². The number of hydrogen-bond donors (Lipinski definition) is 1. The van der Waals surface area contributed by atoms with Gasteiger partial charge in [-0.05, 0) is 18.2 Å². The third kappa shape index (κ3) is 3.79. The highest BCUT2D eigenvalue weighted by Crippen LogP contribution is 2.19. The number of carbonyl (C=O) groups is 2. The molecule has 5 heteroatoms. The highest BCUT2D eigenvalue weighted by atomic mass is 16.5. The van der Waals surface area contributed by atoms with Crippen molar-refractivity contribution in [3.63, 3.8) is 0 Å². The fourth-order valence-corrected chi connectivity index (χ4v) is 1.05. The fraction of sp³-hybridized carbons (Fsp3) is 0.333.